The lowest BCUT2D eigenvalue weighted by molar-refractivity contribution is -0.123. The predicted molar refractivity (Wildman–Crippen MR) is 99.9 cm³/mol. The zero-order valence-electron chi connectivity index (χ0n) is 13.7. The van der Waals surface area contributed by atoms with Crippen LogP contribution in [0.5, 0.6) is 0 Å². The second kappa shape index (κ2) is 9.23. The molecule has 2 rings (SSSR count). The number of hydrogen-bond donors (Lipinski definition) is 1. The van der Waals surface area contributed by atoms with Gasteiger partial charge in [-0.15, -0.1) is 0 Å². The fourth-order valence-electron chi connectivity index (χ4n) is 2.40. The molecular weight excluding hydrogens is 368 g/mol. The minimum atomic E-state index is -0.165. The van der Waals surface area contributed by atoms with Gasteiger partial charge in [-0.3, -0.25) is 9.59 Å². The molecule has 0 unspecified atom stereocenters. The maximum Gasteiger partial charge on any atom is 0.240 e. The average molecular weight is 389 g/mol. The fraction of sp³-hybridized carbons (Fsp3) is 0.263. The van der Waals surface area contributed by atoms with E-state index in [4.69, 9.17) is 0 Å². The Kier molecular flexibility index (Phi) is 7.00. The number of nitrogens with one attached hydrogen (secondary N) is 1. The summed E-state index contributed by atoms with van der Waals surface area (Å²) in [7, 11) is 0. The molecule has 5 heteroatoms. The van der Waals surface area contributed by atoms with Crippen molar-refractivity contribution in [3.8, 4) is 0 Å². The Balaban J connectivity index is 1.83. The first-order valence-electron chi connectivity index (χ1n) is 7.91. The first-order chi connectivity index (χ1) is 11.6. The number of amides is 2. The van der Waals surface area contributed by atoms with Gasteiger partial charge in [0, 0.05) is 17.9 Å². The normalized spacial score (nSPS) is 10.2. The summed E-state index contributed by atoms with van der Waals surface area (Å²) in [6.07, 6.45) is 1.78. The Labute approximate surface area is 151 Å². The minimum absolute atomic E-state index is 0.0171. The van der Waals surface area contributed by atoms with E-state index in [1.54, 1.807) is 0 Å². The van der Waals surface area contributed by atoms with Crippen molar-refractivity contribution < 1.29 is 9.59 Å². The summed E-state index contributed by atoms with van der Waals surface area (Å²) >= 11 is 3.42. The van der Waals surface area contributed by atoms with Crippen molar-refractivity contribution in [1.82, 2.24) is 5.32 Å². The van der Waals surface area contributed by atoms with E-state index in [1.165, 1.54) is 17.4 Å². The van der Waals surface area contributed by atoms with Gasteiger partial charge in [-0.1, -0.05) is 42.5 Å². The van der Waals surface area contributed by atoms with E-state index in [0.29, 0.717) is 12.2 Å². The number of halogens is 1. The van der Waals surface area contributed by atoms with Crippen LogP contribution in [0.4, 0.5) is 5.69 Å². The molecule has 2 aromatic carbocycles. The summed E-state index contributed by atoms with van der Waals surface area (Å²) in [5.74, 6) is -0.324. The molecule has 0 aromatic heterocycles. The Morgan fingerprint density at radius 1 is 1.04 bits per heavy atom. The number of para-hydroxylation sites is 1. The number of nitrogens with zero attached hydrogens (tertiary/aromatic N) is 1. The third-order valence-electron chi connectivity index (χ3n) is 3.63. The van der Waals surface area contributed by atoms with Crippen molar-refractivity contribution in [3.05, 3.63) is 64.6 Å². The van der Waals surface area contributed by atoms with Crippen molar-refractivity contribution in [1.29, 1.82) is 0 Å². The monoisotopic (exact) mass is 388 g/mol. The van der Waals surface area contributed by atoms with E-state index in [9.17, 15) is 9.59 Å². The number of carbonyl (C=O) groups excluding carboxylic acids is 2. The van der Waals surface area contributed by atoms with Gasteiger partial charge in [-0.2, -0.15) is 0 Å². The van der Waals surface area contributed by atoms with Gasteiger partial charge in [-0.25, -0.2) is 0 Å². The quantitative estimate of drug-likeness (QED) is 0.737. The van der Waals surface area contributed by atoms with Crippen molar-refractivity contribution >= 4 is 33.4 Å². The lowest BCUT2D eigenvalue weighted by Crippen LogP contribution is -2.40. The molecule has 0 bridgehead atoms. The number of aryl methyl sites for hydroxylation is 1. The fourth-order valence-corrected chi connectivity index (χ4v) is 2.90. The zero-order valence-corrected chi connectivity index (χ0v) is 15.3. The lowest BCUT2D eigenvalue weighted by Gasteiger charge is -2.21. The third-order valence-corrected chi connectivity index (χ3v) is 4.30. The number of rotatable bonds is 7. The second-order valence-electron chi connectivity index (χ2n) is 5.50. The van der Waals surface area contributed by atoms with Crippen LogP contribution >= 0.6 is 15.9 Å². The van der Waals surface area contributed by atoms with Crippen molar-refractivity contribution in [2.75, 3.05) is 18.0 Å². The van der Waals surface area contributed by atoms with Crippen LogP contribution < -0.4 is 10.2 Å². The topological polar surface area (TPSA) is 49.4 Å². The molecule has 0 saturated heterocycles. The molecule has 0 radical (unpaired) electrons. The summed E-state index contributed by atoms with van der Waals surface area (Å²) in [6.45, 7) is 2.07. The third kappa shape index (κ3) is 5.49. The van der Waals surface area contributed by atoms with Crippen molar-refractivity contribution in [3.63, 3.8) is 0 Å². The van der Waals surface area contributed by atoms with Crippen LogP contribution in [0.3, 0.4) is 0 Å². The Morgan fingerprint density at radius 3 is 2.38 bits per heavy atom. The molecule has 1 N–H and O–H groups in total. The van der Waals surface area contributed by atoms with Crippen LogP contribution in [-0.2, 0) is 16.0 Å². The van der Waals surface area contributed by atoms with Crippen molar-refractivity contribution in [2.24, 2.45) is 0 Å². The standard InChI is InChI=1S/C19H21BrN2O2/c1-15(23)22(18-12-6-5-11-17(18)20)14-19(24)21-13-7-10-16-8-3-2-4-9-16/h2-6,8-9,11-12H,7,10,13-14H2,1H3,(H,21,24). The Hall–Kier alpha value is -2.14. The number of hydrogen-bond acceptors (Lipinski definition) is 2. The highest BCUT2D eigenvalue weighted by atomic mass is 79.9. The highest BCUT2D eigenvalue weighted by molar-refractivity contribution is 9.10. The van der Waals surface area contributed by atoms with Crippen LogP contribution in [0.1, 0.15) is 18.9 Å². The maximum absolute atomic E-state index is 12.1. The van der Waals surface area contributed by atoms with Crippen molar-refractivity contribution in [2.45, 2.75) is 19.8 Å². The van der Waals surface area contributed by atoms with E-state index in [1.807, 2.05) is 42.5 Å². The summed E-state index contributed by atoms with van der Waals surface area (Å²) in [5, 5.41) is 2.88. The second-order valence-corrected chi connectivity index (χ2v) is 6.35. The summed E-state index contributed by atoms with van der Waals surface area (Å²) < 4.78 is 0.789. The van der Waals surface area contributed by atoms with Gasteiger partial charge < -0.3 is 10.2 Å². The van der Waals surface area contributed by atoms with Crippen LogP contribution in [-0.4, -0.2) is 24.9 Å². The van der Waals surface area contributed by atoms with Crippen LogP contribution in [0.25, 0.3) is 0 Å². The molecular formula is C19H21BrN2O2. The molecule has 0 aliphatic carbocycles. The predicted octanol–water partition coefficient (Wildman–Crippen LogP) is 3.55. The smallest absolute Gasteiger partial charge is 0.240 e. The molecule has 0 spiro atoms. The van der Waals surface area contributed by atoms with E-state index in [2.05, 4.69) is 33.4 Å². The molecule has 126 valence electrons. The SMILES string of the molecule is CC(=O)N(CC(=O)NCCCc1ccccc1)c1ccccc1Br. The summed E-state index contributed by atoms with van der Waals surface area (Å²) in [5.41, 5.74) is 1.95. The van der Waals surface area contributed by atoms with Gasteiger partial charge in [0.2, 0.25) is 11.8 Å². The largest absolute Gasteiger partial charge is 0.355 e. The van der Waals surface area contributed by atoms with Gasteiger partial charge in [0.25, 0.3) is 0 Å². The molecule has 0 heterocycles. The summed E-state index contributed by atoms with van der Waals surface area (Å²) in [4.78, 5) is 25.5. The number of carbonyl (C=O) groups is 2. The summed E-state index contributed by atoms with van der Waals surface area (Å²) in [6, 6.07) is 17.5. The first kappa shape index (κ1) is 18.2. The van der Waals surface area contributed by atoms with Crippen LogP contribution in [0, 0.1) is 0 Å². The molecule has 4 nitrogen and oxygen atoms in total. The average Bonchev–Trinajstić information content (AvgIpc) is 2.58. The van der Waals surface area contributed by atoms with Gasteiger partial charge in [0.05, 0.1) is 5.69 Å². The molecule has 24 heavy (non-hydrogen) atoms. The van der Waals surface area contributed by atoms with Crippen LogP contribution in [0.2, 0.25) is 0 Å². The molecule has 0 saturated carbocycles. The molecule has 0 fully saturated rings. The van der Waals surface area contributed by atoms with Crippen LogP contribution in [0.15, 0.2) is 59.1 Å². The van der Waals surface area contributed by atoms with Gasteiger partial charge in [-0.05, 0) is 46.5 Å². The van der Waals surface area contributed by atoms with E-state index < -0.39 is 0 Å². The van der Waals surface area contributed by atoms with E-state index in [0.717, 1.165) is 17.3 Å². The van der Waals surface area contributed by atoms with Gasteiger partial charge in [0.1, 0.15) is 6.54 Å². The van der Waals surface area contributed by atoms with Gasteiger partial charge in [0.15, 0.2) is 0 Å². The minimum Gasteiger partial charge on any atom is -0.355 e. The molecule has 0 atom stereocenters. The van der Waals surface area contributed by atoms with Gasteiger partial charge >= 0.3 is 0 Å². The van der Waals surface area contributed by atoms with E-state index >= 15 is 0 Å². The van der Waals surface area contributed by atoms with E-state index in [-0.39, 0.29) is 18.4 Å². The molecule has 2 amide bonds. The molecule has 0 aliphatic rings. The maximum atomic E-state index is 12.1. The highest BCUT2D eigenvalue weighted by Crippen LogP contribution is 2.25. The first-order valence-corrected chi connectivity index (χ1v) is 8.70. The molecule has 0 aliphatic heterocycles. The number of benzene rings is 2. The highest BCUT2D eigenvalue weighted by Gasteiger charge is 2.17. The number of anilines is 1. The zero-order chi connectivity index (χ0) is 17.4. The molecule has 2 aromatic rings. The lowest BCUT2D eigenvalue weighted by atomic mass is 10.1. The Bertz CT molecular complexity index is 689. The Morgan fingerprint density at radius 2 is 1.71 bits per heavy atom.